The van der Waals surface area contributed by atoms with Crippen LogP contribution in [0.4, 0.5) is 0 Å². The minimum absolute atomic E-state index is 0.0914. The monoisotopic (exact) mass is 399 g/mol. The zero-order valence-electron chi connectivity index (χ0n) is 11.6. The van der Waals surface area contributed by atoms with Crippen molar-refractivity contribution in [2.24, 2.45) is 0 Å². The molecule has 0 aromatic heterocycles. The normalized spacial score (nSPS) is 11.7. The van der Waals surface area contributed by atoms with Gasteiger partial charge in [0.25, 0.3) is 0 Å². The Morgan fingerprint density at radius 2 is 1.68 bits per heavy atom. The summed E-state index contributed by atoms with van der Waals surface area (Å²) in [5.74, 6) is 0. The number of rotatable bonds is 4. The van der Waals surface area contributed by atoms with Crippen molar-refractivity contribution >= 4 is 33.0 Å². The summed E-state index contributed by atoms with van der Waals surface area (Å²) in [5, 5.41) is 0. The van der Waals surface area contributed by atoms with E-state index in [1.54, 1.807) is 0 Å². The van der Waals surface area contributed by atoms with Gasteiger partial charge in [0, 0.05) is 3.57 Å². The fraction of sp³-hybridized carbons (Fsp3) is 0.538. The van der Waals surface area contributed by atoms with E-state index in [0.717, 1.165) is 0 Å². The molecule has 0 aliphatic rings. The Labute approximate surface area is 129 Å². The average Bonchev–Trinajstić information content (AvgIpc) is 2.29. The largest absolute Gasteiger partial charge is 0.726 e. The highest BCUT2D eigenvalue weighted by molar-refractivity contribution is 14.1. The fourth-order valence-corrected chi connectivity index (χ4v) is 1.90. The van der Waals surface area contributed by atoms with E-state index in [4.69, 9.17) is 0 Å². The fourth-order valence-electron chi connectivity index (χ4n) is 1.25. The molecule has 19 heavy (non-hydrogen) atoms. The maximum atomic E-state index is 9.45. The first-order chi connectivity index (χ1) is 8.62. The van der Waals surface area contributed by atoms with E-state index in [1.165, 1.54) is 22.5 Å². The van der Waals surface area contributed by atoms with Gasteiger partial charge >= 0.3 is 0 Å². The van der Waals surface area contributed by atoms with Gasteiger partial charge in [0.2, 0.25) is 10.4 Å². The Hall–Kier alpha value is -0.180. The molecule has 110 valence electrons. The summed E-state index contributed by atoms with van der Waals surface area (Å²) < 4.78 is 33.3. The van der Waals surface area contributed by atoms with Crippen molar-refractivity contribution in [3.05, 3.63) is 33.4 Å². The summed E-state index contributed by atoms with van der Waals surface area (Å²) >= 11 is 2.34. The van der Waals surface area contributed by atoms with E-state index in [-0.39, 0.29) is 6.61 Å². The lowest BCUT2D eigenvalue weighted by Gasteiger charge is -2.23. The molecule has 0 bridgehead atoms. The van der Waals surface area contributed by atoms with Crippen LogP contribution in [0.25, 0.3) is 0 Å². The molecular formula is C13H20IO4S-. The van der Waals surface area contributed by atoms with Crippen LogP contribution in [0, 0.1) is 3.57 Å². The Morgan fingerprint density at radius 1 is 1.21 bits per heavy atom. The van der Waals surface area contributed by atoms with Crippen molar-refractivity contribution < 1.29 is 17.2 Å². The number of halogens is 1. The molecule has 0 saturated heterocycles. The van der Waals surface area contributed by atoms with Gasteiger partial charge in [-0.25, -0.2) is 8.42 Å². The molecule has 0 saturated carbocycles. The summed E-state index contributed by atoms with van der Waals surface area (Å²) in [4.78, 5) is 0. The first kappa shape index (κ1) is 18.8. The second-order valence-corrected chi connectivity index (χ2v) is 6.86. The topological polar surface area (TPSA) is 66.4 Å². The summed E-state index contributed by atoms with van der Waals surface area (Å²) in [6.07, 6.45) is 1.19. The highest BCUT2D eigenvalue weighted by Crippen LogP contribution is 2.26. The summed E-state index contributed by atoms with van der Waals surface area (Å²) in [6, 6.07) is 8.80. The van der Waals surface area contributed by atoms with Crippen LogP contribution in [0.15, 0.2) is 24.3 Å². The quantitative estimate of drug-likeness (QED) is 0.442. The third-order valence-electron chi connectivity index (χ3n) is 2.77. The van der Waals surface area contributed by atoms with Crippen molar-refractivity contribution in [2.75, 3.05) is 6.61 Å². The Kier molecular flexibility index (Phi) is 8.11. The van der Waals surface area contributed by atoms with Crippen LogP contribution >= 0.6 is 22.6 Å². The Balaban J connectivity index is 0.000000399. The van der Waals surface area contributed by atoms with E-state index in [2.05, 4.69) is 71.8 Å². The van der Waals surface area contributed by atoms with Gasteiger partial charge in [-0.2, -0.15) is 0 Å². The van der Waals surface area contributed by atoms with Crippen molar-refractivity contribution in [1.29, 1.82) is 0 Å². The van der Waals surface area contributed by atoms with Crippen molar-refractivity contribution in [2.45, 2.75) is 39.5 Å². The Bertz CT molecular complexity index is 466. The van der Waals surface area contributed by atoms with Gasteiger partial charge in [-0.1, -0.05) is 32.9 Å². The van der Waals surface area contributed by atoms with Crippen LogP contribution in [0.1, 0.15) is 39.7 Å². The minimum Gasteiger partial charge on any atom is -0.726 e. The molecule has 0 fully saturated rings. The lowest BCUT2D eigenvalue weighted by molar-refractivity contribution is 0.275. The molecule has 0 unspecified atom stereocenters. The van der Waals surface area contributed by atoms with E-state index in [9.17, 15) is 13.0 Å². The standard InChI is InChI=1S/C11H15I.C2H6O4S/c1-4-11(2,3)9-5-7-10(12)8-6-9;1-2-6-7(3,4)5/h5-8H,4H2,1-3H3;2H2,1H3,(H,3,4,5)/p-1. The maximum absolute atomic E-state index is 9.45. The third kappa shape index (κ3) is 8.56. The summed E-state index contributed by atoms with van der Waals surface area (Å²) in [6.45, 7) is 8.14. The van der Waals surface area contributed by atoms with Gasteiger partial charge in [0.05, 0.1) is 6.61 Å². The number of hydrogen-bond donors (Lipinski definition) is 0. The van der Waals surface area contributed by atoms with E-state index in [1.807, 2.05) is 0 Å². The molecule has 0 spiro atoms. The van der Waals surface area contributed by atoms with Crippen LogP contribution in [0.2, 0.25) is 0 Å². The zero-order valence-corrected chi connectivity index (χ0v) is 14.6. The first-order valence-electron chi connectivity index (χ1n) is 5.98. The lowest BCUT2D eigenvalue weighted by Crippen LogP contribution is -2.14. The van der Waals surface area contributed by atoms with Crippen LogP contribution in [-0.4, -0.2) is 19.6 Å². The number of benzene rings is 1. The third-order valence-corrected chi connectivity index (χ3v) is 4.02. The molecular weight excluding hydrogens is 379 g/mol. The molecule has 1 aromatic carbocycles. The average molecular weight is 399 g/mol. The van der Waals surface area contributed by atoms with Crippen molar-refractivity contribution in [3.63, 3.8) is 0 Å². The molecule has 0 heterocycles. The van der Waals surface area contributed by atoms with E-state index < -0.39 is 10.4 Å². The van der Waals surface area contributed by atoms with Crippen molar-refractivity contribution in [3.8, 4) is 0 Å². The van der Waals surface area contributed by atoms with E-state index >= 15 is 0 Å². The van der Waals surface area contributed by atoms with Gasteiger partial charge in [-0.05, 0) is 59.0 Å². The van der Waals surface area contributed by atoms with Crippen LogP contribution < -0.4 is 0 Å². The lowest BCUT2D eigenvalue weighted by atomic mass is 9.82. The second kappa shape index (κ2) is 8.18. The van der Waals surface area contributed by atoms with Crippen LogP contribution in [0.5, 0.6) is 0 Å². The summed E-state index contributed by atoms with van der Waals surface area (Å²) in [5.41, 5.74) is 1.76. The van der Waals surface area contributed by atoms with Gasteiger partial charge in [-0.3, -0.25) is 4.18 Å². The molecule has 0 aliphatic heterocycles. The highest BCUT2D eigenvalue weighted by Gasteiger charge is 2.16. The minimum atomic E-state index is -4.42. The van der Waals surface area contributed by atoms with Crippen LogP contribution in [-0.2, 0) is 20.0 Å². The summed E-state index contributed by atoms with van der Waals surface area (Å²) in [7, 11) is -4.42. The molecule has 1 aromatic rings. The van der Waals surface area contributed by atoms with Crippen molar-refractivity contribution in [1.82, 2.24) is 0 Å². The van der Waals surface area contributed by atoms with Gasteiger partial charge in [-0.15, -0.1) is 0 Å². The first-order valence-corrected chi connectivity index (χ1v) is 8.40. The predicted octanol–water partition coefficient (Wildman–Crippen LogP) is 3.46. The van der Waals surface area contributed by atoms with Gasteiger partial charge < -0.3 is 4.55 Å². The van der Waals surface area contributed by atoms with Gasteiger partial charge in [0.1, 0.15) is 0 Å². The molecule has 0 aliphatic carbocycles. The highest BCUT2D eigenvalue weighted by atomic mass is 127. The molecule has 0 amide bonds. The predicted molar refractivity (Wildman–Crippen MR) is 83.8 cm³/mol. The molecule has 0 radical (unpaired) electrons. The Morgan fingerprint density at radius 3 is 1.95 bits per heavy atom. The zero-order chi connectivity index (χ0) is 15.1. The number of hydrogen-bond acceptors (Lipinski definition) is 4. The molecule has 4 nitrogen and oxygen atoms in total. The SMILES string of the molecule is CCC(C)(C)c1ccc(I)cc1.CCOS(=O)(=O)[O-]. The molecule has 0 atom stereocenters. The molecule has 6 heteroatoms. The molecule has 1 rings (SSSR count). The van der Waals surface area contributed by atoms with Gasteiger partial charge in [0.15, 0.2) is 0 Å². The van der Waals surface area contributed by atoms with E-state index in [0.29, 0.717) is 5.41 Å². The smallest absolute Gasteiger partial charge is 0.217 e. The second-order valence-electron chi connectivity index (χ2n) is 4.56. The van der Waals surface area contributed by atoms with Crippen LogP contribution in [0.3, 0.4) is 0 Å². The molecule has 0 N–H and O–H groups in total. The maximum Gasteiger partial charge on any atom is 0.217 e.